The first-order valence-electron chi connectivity index (χ1n) is 5.42. The monoisotopic (exact) mass is 241 g/mol. The second-order valence-electron chi connectivity index (χ2n) is 3.93. The van der Waals surface area contributed by atoms with Crippen LogP contribution in [0.5, 0.6) is 0 Å². The average Bonchev–Trinajstić information content (AvgIpc) is 2.29. The van der Waals surface area contributed by atoms with Crippen LogP contribution in [0.1, 0.15) is 12.6 Å². The number of ether oxygens (including phenoxy) is 1. The number of nitrogens with zero attached hydrogens (tertiary/aromatic N) is 2. The van der Waals surface area contributed by atoms with Crippen molar-refractivity contribution >= 4 is 17.4 Å². The molecule has 0 aliphatic carbocycles. The summed E-state index contributed by atoms with van der Waals surface area (Å²) in [4.78, 5) is 6.66. The molecule has 4 nitrogen and oxygen atoms in total. The average molecular weight is 242 g/mol. The molecule has 1 aromatic rings. The lowest BCUT2D eigenvalue weighted by molar-refractivity contribution is 0.0529. The zero-order chi connectivity index (χ0) is 11.5. The van der Waals surface area contributed by atoms with Gasteiger partial charge in [-0.3, -0.25) is 0 Å². The third kappa shape index (κ3) is 2.45. The fourth-order valence-corrected chi connectivity index (χ4v) is 2.00. The number of hydrogen-bond donors (Lipinski definition) is 1. The molecular weight excluding hydrogens is 226 g/mol. The summed E-state index contributed by atoms with van der Waals surface area (Å²) in [5.74, 6) is 0.931. The zero-order valence-electron chi connectivity index (χ0n) is 9.32. The second kappa shape index (κ2) is 4.99. The molecule has 0 saturated carbocycles. The van der Waals surface area contributed by atoms with Gasteiger partial charge < -0.3 is 15.4 Å². The third-order valence-electron chi connectivity index (χ3n) is 2.66. The number of pyridine rings is 1. The van der Waals surface area contributed by atoms with Gasteiger partial charge in [0.15, 0.2) is 0 Å². The second-order valence-corrected chi connectivity index (χ2v) is 4.34. The number of nitrogens with two attached hydrogens (primary N) is 1. The van der Waals surface area contributed by atoms with Crippen LogP contribution in [0.25, 0.3) is 0 Å². The summed E-state index contributed by atoms with van der Waals surface area (Å²) in [5.41, 5.74) is 6.33. The summed E-state index contributed by atoms with van der Waals surface area (Å²) >= 11 is 5.98. The Balaban J connectivity index is 2.19. The van der Waals surface area contributed by atoms with Gasteiger partial charge in [0.1, 0.15) is 5.82 Å². The van der Waals surface area contributed by atoms with Crippen LogP contribution in [0, 0.1) is 0 Å². The van der Waals surface area contributed by atoms with Gasteiger partial charge in [0.2, 0.25) is 0 Å². The van der Waals surface area contributed by atoms with Crippen molar-refractivity contribution in [3.8, 4) is 0 Å². The number of rotatable bonds is 2. The molecule has 0 aromatic carbocycles. The van der Waals surface area contributed by atoms with E-state index in [0.29, 0.717) is 11.6 Å². The first-order valence-corrected chi connectivity index (χ1v) is 5.80. The van der Waals surface area contributed by atoms with E-state index in [1.54, 1.807) is 0 Å². The van der Waals surface area contributed by atoms with Gasteiger partial charge in [-0.25, -0.2) is 4.98 Å². The van der Waals surface area contributed by atoms with Gasteiger partial charge in [0, 0.05) is 19.6 Å². The minimum absolute atomic E-state index is 0.243. The number of anilines is 1. The van der Waals surface area contributed by atoms with Gasteiger partial charge in [-0.1, -0.05) is 11.6 Å². The van der Waals surface area contributed by atoms with Crippen molar-refractivity contribution in [2.75, 3.05) is 24.6 Å². The summed E-state index contributed by atoms with van der Waals surface area (Å²) in [7, 11) is 0. The summed E-state index contributed by atoms with van der Waals surface area (Å²) in [6.07, 6.45) is 0.243. The van der Waals surface area contributed by atoms with Crippen LogP contribution < -0.4 is 10.6 Å². The number of hydrogen-bond acceptors (Lipinski definition) is 4. The maximum absolute atomic E-state index is 5.98. The van der Waals surface area contributed by atoms with Gasteiger partial charge in [0.25, 0.3) is 0 Å². The largest absolute Gasteiger partial charge is 0.375 e. The molecule has 2 heterocycles. The molecule has 16 heavy (non-hydrogen) atoms. The lowest BCUT2D eigenvalue weighted by Gasteiger charge is -2.32. The maximum atomic E-state index is 5.98. The molecule has 1 atom stereocenters. The van der Waals surface area contributed by atoms with E-state index in [4.69, 9.17) is 22.1 Å². The van der Waals surface area contributed by atoms with E-state index < -0.39 is 0 Å². The van der Waals surface area contributed by atoms with Crippen molar-refractivity contribution in [3.05, 3.63) is 22.8 Å². The van der Waals surface area contributed by atoms with Gasteiger partial charge >= 0.3 is 0 Å². The minimum atomic E-state index is 0.243. The fourth-order valence-electron chi connectivity index (χ4n) is 1.82. The SMILES string of the molecule is CC1CN(c2ccc(Cl)c(CN)n2)CCO1. The molecule has 0 bridgehead atoms. The quantitative estimate of drug-likeness (QED) is 0.851. The van der Waals surface area contributed by atoms with Crippen LogP contribution >= 0.6 is 11.6 Å². The number of halogens is 1. The topological polar surface area (TPSA) is 51.4 Å². The highest BCUT2D eigenvalue weighted by Crippen LogP contribution is 2.20. The third-order valence-corrected chi connectivity index (χ3v) is 3.01. The Morgan fingerprint density at radius 2 is 2.44 bits per heavy atom. The highest BCUT2D eigenvalue weighted by atomic mass is 35.5. The molecule has 1 saturated heterocycles. The van der Waals surface area contributed by atoms with Crippen LogP contribution in [-0.4, -0.2) is 30.8 Å². The Bertz CT molecular complexity index is 372. The predicted octanol–water partition coefficient (Wildman–Crippen LogP) is 1.42. The number of morpholine rings is 1. The predicted molar refractivity (Wildman–Crippen MR) is 64.8 cm³/mol. The summed E-state index contributed by atoms with van der Waals surface area (Å²) in [5, 5.41) is 0.632. The summed E-state index contributed by atoms with van der Waals surface area (Å²) in [6.45, 7) is 4.89. The molecule has 2 N–H and O–H groups in total. The molecule has 0 amide bonds. The van der Waals surface area contributed by atoms with E-state index in [2.05, 4.69) is 16.8 Å². The van der Waals surface area contributed by atoms with Crippen LogP contribution in [0.4, 0.5) is 5.82 Å². The van der Waals surface area contributed by atoms with Crippen molar-refractivity contribution in [1.82, 2.24) is 4.98 Å². The summed E-state index contributed by atoms with van der Waals surface area (Å²) in [6, 6.07) is 3.78. The molecule has 5 heteroatoms. The van der Waals surface area contributed by atoms with Crippen LogP contribution in [-0.2, 0) is 11.3 Å². The Morgan fingerprint density at radius 1 is 1.62 bits per heavy atom. The Morgan fingerprint density at radius 3 is 3.12 bits per heavy atom. The fraction of sp³-hybridized carbons (Fsp3) is 0.545. The number of aromatic nitrogens is 1. The minimum Gasteiger partial charge on any atom is -0.375 e. The van der Waals surface area contributed by atoms with Gasteiger partial charge in [-0.05, 0) is 19.1 Å². The molecule has 1 aliphatic heterocycles. The van der Waals surface area contributed by atoms with Crippen molar-refractivity contribution in [3.63, 3.8) is 0 Å². The molecule has 88 valence electrons. The van der Waals surface area contributed by atoms with Crippen LogP contribution in [0.3, 0.4) is 0 Å². The van der Waals surface area contributed by atoms with E-state index in [1.807, 2.05) is 12.1 Å². The first kappa shape index (κ1) is 11.6. The van der Waals surface area contributed by atoms with Gasteiger partial charge in [0.05, 0.1) is 23.4 Å². The standard InChI is InChI=1S/C11H16ClN3O/c1-8-7-15(4-5-16-8)11-3-2-9(12)10(6-13)14-11/h2-3,8H,4-7,13H2,1H3. The molecule has 1 fully saturated rings. The van der Waals surface area contributed by atoms with Crippen LogP contribution in [0.2, 0.25) is 5.02 Å². The van der Waals surface area contributed by atoms with Gasteiger partial charge in [-0.15, -0.1) is 0 Å². The molecule has 1 unspecified atom stereocenters. The zero-order valence-corrected chi connectivity index (χ0v) is 10.1. The Kier molecular flexibility index (Phi) is 3.63. The van der Waals surface area contributed by atoms with E-state index >= 15 is 0 Å². The van der Waals surface area contributed by atoms with Crippen molar-refractivity contribution in [2.45, 2.75) is 19.6 Å². The van der Waals surface area contributed by atoms with Crippen molar-refractivity contribution < 1.29 is 4.74 Å². The highest BCUT2D eigenvalue weighted by Gasteiger charge is 2.18. The lowest BCUT2D eigenvalue weighted by Crippen LogP contribution is -2.41. The normalized spacial score (nSPS) is 21.2. The molecule has 1 aromatic heterocycles. The molecule has 0 radical (unpaired) electrons. The lowest BCUT2D eigenvalue weighted by atomic mass is 10.2. The van der Waals surface area contributed by atoms with Crippen LogP contribution in [0.15, 0.2) is 12.1 Å². The van der Waals surface area contributed by atoms with E-state index in [1.165, 1.54) is 0 Å². The van der Waals surface area contributed by atoms with Gasteiger partial charge in [-0.2, -0.15) is 0 Å². The smallest absolute Gasteiger partial charge is 0.129 e. The van der Waals surface area contributed by atoms with Crippen molar-refractivity contribution in [1.29, 1.82) is 0 Å². The Labute approximate surface area is 100 Å². The maximum Gasteiger partial charge on any atom is 0.129 e. The Hall–Kier alpha value is -0.840. The highest BCUT2D eigenvalue weighted by molar-refractivity contribution is 6.31. The molecule has 1 aliphatic rings. The molecule has 2 rings (SSSR count). The summed E-state index contributed by atoms with van der Waals surface area (Å²) < 4.78 is 5.49. The van der Waals surface area contributed by atoms with Crippen molar-refractivity contribution in [2.24, 2.45) is 5.73 Å². The van der Waals surface area contributed by atoms with E-state index in [-0.39, 0.29) is 6.10 Å². The van der Waals surface area contributed by atoms with E-state index in [0.717, 1.165) is 31.2 Å². The molecular formula is C11H16ClN3O. The molecule has 0 spiro atoms. The van der Waals surface area contributed by atoms with E-state index in [9.17, 15) is 0 Å². The first-order chi connectivity index (χ1) is 7.70.